The molecule has 2 atom stereocenters. The van der Waals surface area contributed by atoms with E-state index in [1.807, 2.05) is 24.4 Å². The van der Waals surface area contributed by atoms with Gasteiger partial charge in [-0.2, -0.15) is 0 Å². The smallest absolute Gasteiger partial charge is 0.264 e. The summed E-state index contributed by atoms with van der Waals surface area (Å²) < 4.78 is 42.4. The van der Waals surface area contributed by atoms with Crippen molar-refractivity contribution in [2.45, 2.75) is 109 Å². The summed E-state index contributed by atoms with van der Waals surface area (Å²) in [7, 11) is -2.10. The van der Waals surface area contributed by atoms with Crippen molar-refractivity contribution < 1.29 is 46.6 Å². The van der Waals surface area contributed by atoms with Crippen molar-refractivity contribution in [1.29, 1.82) is 0 Å². The van der Waals surface area contributed by atoms with Gasteiger partial charge in [-0.15, -0.1) is 11.3 Å². The first-order chi connectivity index (χ1) is 32.4. The van der Waals surface area contributed by atoms with Gasteiger partial charge in [0.05, 0.1) is 42.2 Å². The van der Waals surface area contributed by atoms with Gasteiger partial charge in [0.15, 0.2) is 11.5 Å². The molecule has 0 radical (unpaired) electrons. The lowest BCUT2D eigenvalue weighted by Crippen LogP contribution is -2.52. The monoisotopic (exact) mass is 955 g/mol. The molecule has 1 fully saturated rings. The van der Waals surface area contributed by atoms with E-state index in [4.69, 9.17) is 14.2 Å². The van der Waals surface area contributed by atoms with Gasteiger partial charge in [0, 0.05) is 53.8 Å². The van der Waals surface area contributed by atoms with Crippen LogP contribution < -0.4 is 30.2 Å². The summed E-state index contributed by atoms with van der Waals surface area (Å²) in [5.74, 6) is -0.765. The normalized spacial score (nSPS) is 16.3. The maximum absolute atomic E-state index is 14.0. The number of methoxy groups -OCH3 is 1. The maximum atomic E-state index is 14.0. The number of carbonyl (C=O) groups excluding carboxylic acids is 5. The number of nitrogens with zero attached hydrogens (tertiary/aromatic N) is 2. The van der Waals surface area contributed by atoms with Crippen molar-refractivity contribution in [3.05, 3.63) is 104 Å². The molecule has 1 unspecified atom stereocenters. The van der Waals surface area contributed by atoms with E-state index in [0.29, 0.717) is 61.0 Å². The molecule has 1 aromatic heterocycles. The molecular weight excluding hydrogens is 895 g/mol. The third-order valence-corrected chi connectivity index (χ3v) is 14.4. The summed E-state index contributed by atoms with van der Waals surface area (Å²) in [4.78, 5) is 68.3. The first kappa shape index (κ1) is 49.1. The van der Waals surface area contributed by atoms with Gasteiger partial charge in [-0.1, -0.05) is 69.2 Å². The van der Waals surface area contributed by atoms with E-state index in [0.717, 1.165) is 72.5 Å². The fraction of sp³-hybridized carbons (Fsp3) is 0.460. The summed E-state index contributed by atoms with van der Waals surface area (Å²) in [5, 5.41) is 11.1. The molecule has 15 nitrogen and oxygen atoms in total. The Balaban J connectivity index is 0.746. The van der Waals surface area contributed by atoms with Crippen LogP contribution in [0.3, 0.4) is 0 Å². The molecule has 358 valence electrons. The maximum Gasteiger partial charge on any atom is 0.264 e. The van der Waals surface area contributed by atoms with E-state index >= 15 is 0 Å². The van der Waals surface area contributed by atoms with Crippen LogP contribution in [-0.2, 0) is 39.1 Å². The van der Waals surface area contributed by atoms with Crippen molar-refractivity contribution in [2.24, 2.45) is 0 Å². The third kappa shape index (κ3) is 12.2. The fourth-order valence-corrected chi connectivity index (χ4v) is 10.8. The van der Waals surface area contributed by atoms with Crippen molar-refractivity contribution in [3.63, 3.8) is 0 Å². The highest BCUT2D eigenvalue weighted by molar-refractivity contribution is 7.90. The number of unbranched alkanes of at least 4 members (excludes halogenated alkanes) is 8. The number of benzene rings is 3. The van der Waals surface area contributed by atoms with E-state index in [9.17, 15) is 32.4 Å². The summed E-state index contributed by atoms with van der Waals surface area (Å²) >= 11 is 1.49. The Kier molecular flexibility index (Phi) is 16.7. The third-order valence-electron chi connectivity index (χ3n) is 12.4. The van der Waals surface area contributed by atoms with E-state index < -0.39 is 45.4 Å². The number of anilines is 1. The van der Waals surface area contributed by atoms with Crippen molar-refractivity contribution >= 4 is 56.4 Å². The van der Waals surface area contributed by atoms with E-state index in [-0.39, 0.29) is 29.4 Å². The lowest BCUT2D eigenvalue weighted by atomic mass is 10.0. The molecule has 4 heterocycles. The molecule has 4 aromatic rings. The van der Waals surface area contributed by atoms with Crippen LogP contribution in [0, 0.1) is 0 Å². The number of rotatable bonds is 26. The summed E-state index contributed by atoms with van der Waals surface area (Å²) in [6.07, 6.45) is 11.8. The molecule has 0 saturated carbocycles. The van der Waals surface area contributed by atoms with Gasteiger partial charge in [0.25, 0.3) is 17.7 Å². The number of fused-ring (bicyclic) bond motifs is 2. The first-order valence-electron chi connectivity index (χ1n) is 23.3. The lowest BCUT2D eigenvalue weighted by molar-refractivity contribution is -0.136. The molecule has 3 N–H and O–H groups in total. The number of thiophene rings is 1. The van der Waals surface area contributed by atoms with Gasteiger partial charge in [-0.25, -0.2) is 8.42 Å². The number of nitrogens with one attached hydrogen (secondary N) is 3. The number of sulfone groups is 1. The van der Waals surface area contributed by atoms with Crippen molar-refractivity contribution in [1.82, 2.24) is 20.4 Å². The average Bonchev–Trinajstić information content (AvgIpc) is 3.94. The number of hydrogen-bond donors (Lipinski definition) is 3. The van der Waals surface area contributed by atoms with Crippen LogP contribution in [0.4, 0.5) is 5.69 Å². The molecule has 3 aliphatic rings. The molecule has 7 rings (SSSR count). The van der Waals surface area contributed by atoms with Crippen LogP contribution in [-0.4, -0.2) is 92.6 Å². The van der Waals surface area contributed by atoms with Crippen LogP contribution >= 0.6 is 11.3 Å². The molecular formula is C50H61N5O10S2. The van der Waals surface area contributed by atoms with Crippen LogP contribution in [0.2, 0.25) is 0 Å². The zero-order chi connectivity index (χ0) is 47.5. The standard InChI is InChI=1S/C50H61N5O10S2/c1-4-64-43-27-34(19-23-42(43)63-2)41(32-67(3,61)62)55-49(59)36-15-14-16-39(46(36)50(55)60)52-26-13-11-9-7-5-6-8-10-12-25-51-28-33-17-20-35(21-18-33)65-30-44-37-29-54(48(58)38(37)31-66-44)40-22-24-45(56)53-47(40)57/h14-21,23,27,31,40-41,51-52H,4-13,22,24-26,28-30,32H2,1-3H3,(H,53,56,57)/t40?,41-/m1/s1. The molecule has 5 amide bonds. The topological polar surface area (TPSA) is 190 Å². The Labute approximate surface area is 396 Å². The number of amides is 5. The number of hydrogen-bond acceptors (Lipinski definition) is 13. The molecule has 0 bridgehead atoms. The Bertz CT molecular complexity index is 2540. The number of imide groups is 2. The molecule has 0 spiro atoms. The molecule has 1 saturated heterocycles. The minimum absolute atomic E-state index is 0.172. The second-order valence-corrected chi connectivity index (χ2v) is 20.5. The van der Waals surface area contributed by atoms with Gasteiger partial charge in [0.2, 0.25) is 11.8 Å². The van der Waals surface area contributed by atoms with Crippen LogP contribution in [0.1, 0.15) is 136 Å². The highest BCUT2D eigenvalue weighted by Crippen LogP contribution is 2.39. The van der Waals surface area contributed by atoms with Crippen LogP contribution in [0.5, 0.6) is 17.2 Å². The number of ether oxygens (including phenoxy) is 3. The zero-order valence-corrected chi connectivity index (χ0v) is 40.2. The average molecular weight is 956 g/mol. The summed E-state index contributed by atoms with van der Waals surface area (Å²) in [6, 6.07) is 16.4. The van der Waals surface area contributed by atoms with Crippen LogP contribution in [0.15, 0.2) is 66.0 Å². The second-order valence-electron chi connectivity index (χ2n) is 17.3. The van der Waals surface area contributed by atoms with Gasteiger partial charge in [0.1, 0.15) is 28.2 Å². The second kappa shape index (κ2) is 22.8. The molecule has 67 heavy (non-hydrogen) atoms. The zero-order valence-electron chi connectivity index (χ0n) is 38.5. The highest BCUT2D eigenvalue weighted by atomic mass is 32.2. The predicted molar refractivity (Wildman–Crippen MR) is 256 cm³/mol. The lowest BCUT2D eigenvalue weighted by Gasteiger charge is -2.29. The fourth-order valence-electron chi connectivity index (χ4n) is 8.95. The molecule has 0 aliphatic carbocycles. The quantitative estimate of drug-likeness (QED) is 0.0414. The van der Waals surface area contributed by atoms with E-state index in [1.54, 1.807) is 41.3 Å². The van der Waals surface area contributed by atoms with Crippen molar-refractivity contribution in [2.75, 3.05) is 44.1 Å². The molecule has 3 aromatic carbocycles. The number of carbonyl (C=O) groups is 5. The predicted octanol–water partition coefficient (Wildman–Crippen LogP) is 7.59. The summed E-state index contributed by atoms with van der Waals surface area (Å²) in [6.45, 7) is 5.22. The van der Waals surface area contributed by atoms with E-state index in [1.165, 1.54) is 49.7 Å². The Hall–Kier alpha value is -5.78. The largest absolute Gasteiger partial charge is 0.493 e. The van der Waals surface area contributed by atoms with Crippen molar-refractivity contribution in [3.8, 4) is 17.2 Å². The van der Waals surface area contributed by atoms with Gasteiger partial charge in [-0.05, 0) is 80.3 Å². The Morgan fingerprint density at radius 1 is 0.821 bits per heavy atom. The van der Waals surface area contributed by atoms with E-state index in [2.05, 4.69) is 28.1 Å². The van der Waals surface area contributed by atoms with Gasteiger partial charge in [-0.3, -0.25) is 34.2 Å². The minimum atomic E-state index is -3.61. The Morgan fingerprint density at radius 3 is 2.22 bits per heavy atom. The molecule has 17 heteroatoms. The SMILES string of the molecule is CCOc1cc([C@@H](CS(C)(=O)=O)N2C(=O)c3cccc(NCCCCCCCCCCCNCc4ccc(OCc5scc6c5CN(C5CCC(=O)NC5=O)C6=O)cc4)c3C2=O)ccc1OC. The highest BCUT2D eigenvalue weighted by Gasteiger charge is 2.44. The molecule has 3 aliphatic heterocycles. The first-order valence-corrected chi connectivity index (χ1v) is 26.2. The number of piperidine rings is 1. The minimum Gasteiger partial charge on any atom is -0.493 e. The van der Waals surface area contributed by atoms with Crippen LogP contribution in [0.25, 0.3) is 0 Å². The Morgan fingerprint density at radius 2 is 1.54 bits per heavy atom. The van der Waals surface area contributed by atoms with Gasteiger partial charge < -0.3 is 29.7 Å². The van der Waals surface area contributed by atoms with Gasteiger partial charge >= 0.3 is 0 Å². The summed E-state index contributed by atoms with van der Waals surface area (Å²) in [5.41, 5.74) is 4.22.